The van der Waals surface area contributed by atoms with Crippen molar-refractivity contribution in [2.24, 2.45) is 0 Å². The molecule has 2 saturated heterocycles. The fourth-order valence-electron chi connectivity index (χ4n) is 4.28. The lowest BCUT2D eigenvalue weighted by Gasteiger charge is -2.23. The molecule has 2 heterocycles. The molecule has 1 atom stereocenters. The topological polar surface area (TPSA) is 137 Å². The Morgan fingerprint density at radius 1 is 0.881 bits per heavy atom. The Kier molecular flexibility index (Phi) is 10.1. The number of carboxylic acids is 1. The van der Waals surface area contributed by atoms with Crippen LogP contribution in [0.15, 0.2) is 46.2 Å². The summed E-state index contributed by atoms with van der Waals surface area (Å²) >= 11 is 12.9. The molecule has 0 unspecified atom stereocenters. The average molecular weight is 647 g/mol. The Morgan fingerprint density at radius 2 is 1.40 bits per heavy atom. The number of rotatable bonds is 11. The zero-order valence-corrected chi connectivity index (χ0v) is 25.7. The molecule has 2 aromatic carbocycles. The smallest absolute Gasteiger partial charge is 0.326 e. The number of thioether (sulfide) groups is 2. The minimum absolute atomic E-state index is 0.0119. The highest BCUT2D eigenvalue weighted by Gasteiger charge is 2.40. The van der Waals surface area contributed by atoms with Crippen LogP contribution in [0.4, 0.5) is 0 Å². The summed E-state index contributed by atoms with van der Waals surface area (Å²) in [6.07, 6.45) is 4.21. The number of hydrogen-bond acceptors (Lipinski definition) is 11. The van der Waals surface area contributed by atoms with Gasteiger partial charge in [-0.25, -0.2) is 4.79 Å². The summed E-state index contributed by atoms with van der Waals surface area (Å²) in [5, 5.41) is 29.5. The van der Waals surface area contributed by atoms with Gasteiger partial charge in [0.1, 0.15) is 14.7 Å². The summed E-state index contributed by atoms with van der Waals surface area (Å²) < 4.78 is 10.7. The van der Waals surface area contributed by atoms with Gasteiger partial charge in [0.25, 0.3) is 11.8 Å². The molecule has 0 spiro atoms. The fourth-order valence-corrected chi connectivity index (χ4v) is 6.95. The first-order chi connectivity index (χ1) is 20.0. The van der Waals surface area contributed by atoms with E-state index in [1.165, 1.54) is 31.3 Å². The third kappa shape index (κ3) is 6.89. The van der Waals surface area contributed by atoms with E-state index in [2.05, 4.69) is 0 Å². The number of hydrogen-bond donors (Lipinski definition) is 3. The number of methoxy groups -OCH3 is 2. The molecule has 2 aliphatic heterocycles. The van der Waals surface area contributed by atoms with E-state index in [0.29, 0.717) is 33.2 Å². The predicted octanol–water partition coefficient (Wildman–Crippen LogP) is 4.84. The van der Waals surface area contributed by atoms with Gasteiger partial charge in [0.2, 0.25) is 0 Å². The lowest BCUT2D eigenvalue weighted by Crippen LogP contribution is -2.44. The van der Waals surface area contributed by atoms with Crippen LogP contribution in [0, 0.1) is 0 Å². The normalized spacial score (nSPS) is 18.0. The van der Waals surface area contributed by atoms with E-state index in [4.69, 9.17) is 33.9 Å². The largest absolute Gasteiger partial charge is 0.504 e. The molecule has 0 radical (unpaired) electrons. The first-order valence-electron chi connectivity index (χ1n) is 12.5. The van der Waals surface area contributed by atoms with Gasteiger partial charge in [0.05, 0.1) is 24.0 Å². The number of thiocarbonyl (C=S) groups is 2. The second-order valence-corrected chi connectivity index (χ2v) is 12.4. The molecular formula is C28H26N2O8S4. The molecule has 4 rings (SSSR count). The van der Waals surface area contributed by atoms with Crippen molar-refractivity contribution in [3.8, 4) is 23.0 Å². The van der Waals surface area contributed by atoms with E-state index in [0.717, 1.165) is 28.4 Å². The van der Waals surface area contributed by atoms with Crippen LogP contribution >= 0.6 is 48.0 Å². The molecule has 3 N–H and O–H groups in total. The van der Waals surface area contributed by atoms with Crippen molar-refractivity contribution < 1.29 is 39.2 Å². The highest BCUT2D eigenvalue weighted by molar-refractivity contribution is 8.27. The quantitative estimate of drug-likeness (QED) is 0.175. The van der Waals surface area contributed by atoms with Crippen LogP contribution in [-0.2, 0) is 14.4 Å². The minimum Gasteiger partial charge on any atom is -0.504 e. The van der Waals surface area contributed by atoms with Crippen LogP contribution in [0.5, 0.6) is 23.0 Å². The summed E-state index contributed by atoms with van der Waals surface area (Å²) in [4.78, 5) is 41.6. The summed E-state index contributed by atoms with van der Waals surface area (Å²) in [5.74, 6) is -1.51. The van der Waals surface area contributed by atoms with Gasteiger partial charge in [-0.2, -0.15) is 0 Å². The van der Waals surface area contributed by atoms with Gasteiger partial charge in [0.15, 0.2) is 23.0 Å². The second-order valence-electron chi connectivity index (χ2n) is 9.10. The van der Waals surface area contributed by atoms with E-state index >= 15 is 0 Å². The number of phenolic OH excluding ortho intramolecular Hbond substituents is 2. The van der Waals surface area contributed by atoms with Gasteiger partial charge in [-0.3, -0.25) is 19.4 Å². The number of amides is 2. The first kappa shape index (κ1) is 31.3. The Morgan fingerprint density at radius 3 is 1.93 bits per heavy atom. The van der Waals surface area contributed by atoms with Gasteiger partial charge in [-0.1, -0.05) is 60.1 Å². The first-order valence-corrected chi connectivity index (χ1v) is 15.0. The van der Waals surface area contributed by atoms with Crippen molar-refractivity contribution in [3.05, 3.63) is 57.3 Å². The molecule has 2 aliphatic rings. The van der Waals surface area contributed by atoms with Crippen LogP contribution in [0.2, 0.25) is 0 Å². The molecule has 0 bridgehead atoms. The molecule has 2 fully saturated rings. The SMILES string of the molecule is COc1cc(/C=C2/SC(=S)N(CCCC[C@H](C(=O)O)N3C(=O)/C(=C\c4ccc(O)c(OC)c4)SC3=S)C2=O)ccc1O. The van der Waals surface area contributed by atoms with Gasteiger partial charge in [-0.05, 0) is 66.8 Å². The Balaban J connectivity index is 1.37. The molecule has 220 valence electrons. The van der Waals surface area contributed by atoms with Crippen LogP contribution in [-0.4, -0.2) is 78.4 Å². The summed E-state index contributed by atoms with van der Waals surface area (Å²) in [6, 6.07) is 8.16. The number of carbonyl (C=O) groups excluding carboxylic acids is 2. The number of unbranched alkanes of at least 4 members (excludes halogenated alkanes) is 1. The van der Waals surface area contributed by atoms with Crippen molar-refractivity contribution in [1.82, 2.24) is 9.80 Å². The molecule has 10 nitrogen and oxygen atoms in total. The van der Waals surface area contributed by atoms with Crippen LogP contribution in [0.1, 0.15) is 30.4 Å². The number of nitrogens with zero attached hydrogens (tertiary/aromatic N) is 2. The number of phenols is 2. The lowest BCUT2D eigenvalue weighted by molar-refractivity contribution is -0.145. The molecule has 2 amide bonds. The summed E-state index contributed by atoms with van der Waals surface area (Å²) in [6.45, 7) is 0.286. The van der Waals surface area contributed by atoms with E-state index in [1.54, 1.807) is 36.4 Å². The molecule has 2 aromatic rings. The monoisotopic (exact) mass is 646 g/mol. The molecule has 0 saturated carbocycles. The molecule has 0 aliphatic carbocycles. The number of carboxylic acid groups (broad SMARTS) is 1. The van der Waals surface area contributed by atoms with Gasteiger partial charge in [0, 0.05) is 6.54 Å². The van der Waals surface area contributed by atoms with E-state index in [1.807, 2.05) is 0 Å². The fraction of sp³-hybridized carbons (Fsp3) is 0.250. The Bertz CT molecular complexity index is 1520. The van der Waals surface area contributed by atoms with Crippen molar-refractivity contribution >= 4 is 86.5 Å². The predicted molar refractivity (Wildman–Crippen MR) is 169 cm³/mol. The highest BCUT2D eigenvalue weighted by Crippen LogP contribution is 2.37. The highest BCUT2D eigenvalue weighted by atomic mass is 32.2. The number of aromatic hydroxyl groups is 2. The molecule has 14 heteroatoms. The van der Waals surface area contributed by atoms with Gasteiger partial charge in [-0.15, -0.1) is 0 Å². The lowest BCUT2D eigenvalue weighted by atomic mass is 10.1. The maximum atomic E-state index is 13.2. The third-order valence-corrected chi connectivity index (χ3v) is 9.11. The number of benzene rings is 2. The van der Waals surface area contributed by atoms with Crippen molar-refractivity contribution in [2.45, 2.75) is 25.3 Å². The Hall–Kier alpha value is -3.59. The van der Waals surface area contributed by atoms with E-state index < -0.39 is 17.9 Å². The average Bonchev–Trinajstić information content (AvgIpc) is 3.38. The molecular weight excluding hydrogens is 621 g/mol. The van der Waals surface area contributed by atoms with Crippen molar-refractivity contribution in [1.29, 1.82) is 0 Å². The summed E-state index contributed by atoms with van der Waals surface area (Å²) in [5.41, 5.74) is 1.25. The Labute approximate surface area is 261 Å². The minimum atomic E-state index is -1.18. The zero-order valence-electron chi connectivity index (χ0n) is 22.4. The maximum Gasteiger partial charge on any atom is 0.326 e. The third-order valence-electron chi connectivity index (χ3n) is 6.41. The van der Waals surface area contributed by atoms with Gasteiger partial charge >= 0.3 is 5.97 Å². The number of aliphatic carboxylic acids is 1. The summed E-state index contributed by atoms with van der Waals surface area (Å²) in [7, 11) is 2.84. The second kappa shape index (κ2) is 13.6. The van der Waals surface area contributed by atoms with E-state index in [9.17, 15) is 29.7 Å². The molecule has 42 heavy (non-hydrogen) atoms. The van der Waals surface area contributed by atoms with Crippen LogP contribution < -0.4 is 9.47 Å². The van der Waals surface area contributed by atoms with Crippen LogP contribution in [0.3, 0.4) is 0 Å². The van der Waals surface area contributed by atoms with Crippen LogP contribution in [0.25, 0.3) is 12.2 Å². The van der Waals surface area contributed by atoms with Gasteiger partial charge < -0.3 is 24.8 Å². The zero-order chi connectivity index (χ0) is 30.6. The molecule has 0 aromatic heterocycles. The van der Waals surface area contributed by atoms with Crippen molar-refractivity contribution in [3.63, 3.8) is 0 Å². The number of ether oxygens (including phenoxy) is 2. The van der Waals surface area contributed by atoms with Crippen molar-refractivity contribution in [2.75, 3.05) is 20.8 Å². The maximum absolute atomic E-state index is 13.2. The number of carbonyl (C=O) groups is 3. The standard InChI is InChI=1S/C28H26N2O8S4/c1-37-20-11-15(6-8-18(20)31)13-22-24(33)29(27(39)41-22)10-4-3-5-17(26(35)36)30-25(34)23(42-28(30)40)14-16-7-9-19(32)21(12-16)38-2/h6-9,11-14,17,31-32H,3-5,10H2,1-2H3,(H,35,36)/b22-13+,23-14+/t17-/m1/s1. The van der Waals surface area contributed by atoms with E-state index in [-0.39, 0.29) is 51.1 Å².